The Morgan fingerprint density at radius 3 is 1.46 bits per heavy atom. The summed E-state index contributed by atoms with van der Waals surface area (Å²) in [6, 6.07) is 62.3. The molecule has 6 heteroatoms. The van der Waals surface area contributed by atoms with Gasteiger partial charge in [0.2, 0.25) is 0 Å². The summed E-state index contributed by atoms with van der Waals surface area (Å²) < 4.78 is 11.5. The van der Waals surface area contributed by atoms with Crippen molar-refractivity contribution in [1.29, 1.82) is 0 Å². The van der Waals surface area contributed by atoms with E-state index in [0.717, 1.165) is 55.8 Å². The molecule has 0 N–H and O–H groups in total. The Hall–Kier alpha value is -7.83. The first-order chi connectivity index (χ1) is 33.5. The quantitative estimate of drug-likeness (QED) is 0.130. The van der Waals surface area contributed by atoms with Crippen molar-refractivity contribution in [2.24, 2.45) is 0 Å². The van der Waals surface area contributed by atoms with Crippen molar-refractivity contribution in [3.8, 4) is 62.2 Å². The van der Waals surface area contributed by atoms with Gasteiger partial charge in [-0.1, -0.05) is 165 Å². The van der Waals surface area contributed by atoms with E-state index in [9.17, 15) is 0 Å². The molecule has 0 aliphatic heterocycles. The van der Waals surface area contributed by atoms with Crippen LogP contribution in [0.4, 0.5) is 0 Å². The normalized spacial score (nSPS) is 12.0. The third kappa shape index (κ3) is 7.84. The molecule has 3 heterocycles. The molecule has 0 atom stereocenters. The summed E-state index contributed by atoms with van der Waals surface area (Å²) in [5, 5.41) is 0.921. The molecule has 0 radical (unpaired) electrons. The molecule has 11 rings (SSSR count). The fourth-order valence-corrected chi connectivity index (χ4v) is 10.2. The molecule has 0 spiro atoms. The van der Waals surface area contributed by atoms with Gasteiger partial charge in [0, 0.05) is 16.5 Å². The largest absolute Gasteiger partial charge is 0.457 e. The summed E-state index contributed by atoms with van der Waals surface area (Å²) >= 11 is 0. The van der Waals surface area contributed by atoms with E-state index in [1.165, 1.54) is 55.8 Å². The van der Waals surface area contributed by atoms with Crippen LogP contribution in [0.3, 0.4) is 0 Å². The van der Waals surface area contributed by atoms with Crippen LogP contribution in [-0.2, 0) is 0 Å². The summed E-state index contributed by atoms with van der Waals surface area (Å²) in [7, 11) is 0. The smallest absolute Gasteiger partial charge is 0.149 e. The van der Waals surface area contributed by atoms with Crippen molar-refractivity contribution in [1.82, 2.24) is 23.9 Å². The van der Waals surface area contributed by atoms with E-state index in [4.69, 9.17) is 19.7 Å². The fraction of sp³-hybridized carbons (Fsp3) is 0.190. The van der Waals surface area contributed by atoms with E-state index in [0.29, 0.717) is 11.5 Å². The minimum atomic E-state index is 0.251. The van der Waals surface area contributed by atoms with Gasteiger partial charge in [-0.2, -0.15) is 0 Å². The van der Waals surface area contributed by atoms with Crippen LogP contribution in [0.15, 0.2) is 176 Å². The van der Waals surface area contributed by atoms with Crippen LogP contribution in [0.1, 0.15) is 101 Å². The van der Waals surface area contributed by atoms with E-state index in [1.807, 2.05) is 12.1 Å². The first-order valence-corrected chi connectivity index (χ1v) is 24.5. The first kappa shape index (κ1) is 43.7. The Kier molecular flexibility index (Phi) is 11.2. The van der Waals surface area contributed by atoms with Crippen molar-refractivity contribution in [3.63, 3.8) is 0 Å². The Bertz CT molecular complexity index is 3650. The molecule has 0 fully saturated rings. The minimum Gasteiger partial charge on any atom is -0.457 e. The summed E-state index contributed by atoms with van der Waals surface area (Å²) in [6.45, 7) is 18.3. The zero-order chi connectivity index (χ0) is 47.5. The lowest BCUT2D eigenvalue weighted by molar-refractivity contribution is 0.483. The number of rotatable bonds is 11. The number of para-hydroxylation sites is 4. The third-order valence-electron chi connectivity index (χ3n) is 13.6. The molecule has 0 saturated heterocycles. The molecule has 3 aromatic heterocycles. The highest BCUT2D eigenvalue weighted by molar-refractivity contribution is 5.99. The summed E-state index contributed by atoms with van der Waals surface area (Å²) in [4.78, 5) is 16.2. The lowest BCUT2D eigenvalue weighted by Gasteiger charge is -2.24. The molecule has 0 saturated carbocycles. The van der Waals surface area contributed by atoms with E-state index >= 15 is 0 Å². The van der Waals surface area contributed by atoms with Crippen LogP contribution in [0.25, 0.3) is 89.3 Å². The predicted octanol–water partition coefficient (Wildman–Crippen LogP) is 17.3. The molecule has 11 aromatic rings. The Balaban J connectivity index is 1.04. The number of hydrogen-bond acceptors (Lipinski definition) is 4. The molecule has 0 bridgehead atoms. The minimum absolute atomic E-state index is 0.251. The fourth-order valence-electron chi connectivity index (χ4n) is 10.2. The van der Waals surface area contributed by atoms with Crippen LogP contribution in [0.5, 0.6) is 11.5 Å². The predicted molar refractivity (Wildman–Crippen MR) is 287 cm³/mol. The van der Waals surface area contributed by atoms with Gasteiger partial charge in [0.25, 0.3) is 0 Å². The summed E-state index contributed by atoms with van der Waals surface area (Å²) in [6.07, 6.45) is 0. The van der Waals surface area contributed by atoms with Gasteiger partial charge in [-0.3, -0.25) is 8.97 Å². The van der Waals surface area contributed by atoms with Gasteiger partial charge >= 0.3 is 0 Å². The zero-order valence-corrected chi connectivity index (χ0v) is 40.7. The van der Waals surface area contributed by atoms with E-state index in [2.05, 4.69) is 228 Å². The van der Waals surface area contributed by atoms with Crippen molar-refractivity contribution in [3.05, 3.63) is 198 Å². The molecular weight excluding hydrogens is 843 g/mol. The number of fused-ring (bicyclic) bond motifs is 6. The molecule has 0 amide bonds. The standard InChI is InChI=1S/C63H57N5O/c1-38(2)49-33-45(42-20-11-9-12-21-42)34-50(39(3)4)59(49)63-64-54-31-30-48(37-53(54)62-66-56-27-16-18-29-58(56)68(62)63)69-47-25-19-24-44(32-47)61-65-55-26-15-17-28-57(55)67(61)60-51(40(5)6)35-46(36-52(60)41(7)8)43-22-13-10-14-23-43/h9-41H,1-8H3. The Morgan fingerprint density at radius 2 is 0.870 bits per heavy atom. The maximum absolute atomic E-state index is 6.85. The molecule has 69 heavy (non-hydrogen) atoms. The molecule has 6 nitrogen and oxygen atoms in total. The highest BCUT2D eigenvalue weighted by atomic mass is 16.5. The zero-order valence-electron chi connectivity index (χ0n) is 40.7. The van der Waals surface area contributed by atoms with Gasteiger partial charge in [0.05, 0.1) is 33.3 Å². The molecule has 8 aromatic carbocycles. The van der Waals surface area contributed by atoms with Crippen molar-refractivity contribution in [2.75, 3.05) is 0 Å². The van der Waals surface area contributed by atoms with Crippen LogP contribution >= 0.6 is 0 Å². The first-order valence-electron chi connectivity index (χ1n) is 24.5. The van der Waals surface area contributed by atoms with Gasteiger partial charge in [0.15, 0.2) is 0 Å². The number of hydrogen-bond donors (Lipinski definition) is 0. The number of aromatic nitrogens is 5. The second-order valence-electron chi connectivity index (χ2n) is 19.6. The van der Waals surface area contributed by atoms with Crippen LogP contribution in [-0.4, -0.2) is 23.9 Å². The van der Waals surface area contributed by atoms with E-state index in [-0.39, 0.29) is 23.7 Å². The monoisotopic (exact) mass is 899 g/mol. The molecule has 0 unspecified atom stereocenters. The van der Waals surface area contributed by atoms with Crippen LogP contribution < -0.4 is 4.74 Å². The second-order valence-corrected chi connectivity index (χ2v) is 19.6. The maximum atomic E-state index is 6.85. The average Bonchev–Trinajstić information content (AvgIpc) is 3.96. The Labute approximate surface area is 405 Å². The molecule has 0 aliphatic rings. The number of imidazole rings is 2. The highest BCUT2D eigenvalue weighted by Gasteiger charge is 2.26. The second kappa shape index (κ2) is 17.7. The van der Waals surface area contributed by atoms with E-state index in [1.54, 1.807) is 0 Å². The van der Waals surface area contributed by atoms with Crippen molar-refractivity contribution in [2.45, 2.75) is 79.1 Å². The van der Waals surface area contributed by atoms with E-state index < -0.39 is 0 Å². The van der Waals surface area contributed by atoms with Gasteiger partial charge in [0.1, 0.15) is 28.8 Å². The maximum Gasteiger partial charge on any atom is 0.149 e. The van der Waals surface area contributed by atoms with Crippen molar-refractivity contribution >= 4 is 38.6 Å². The highest BCUT2D eigenvalue weighted by Crippen LogP contribution is 2.44. The van der Waals surface area contributed by atoms with Gasteiger partial charge in [-0.25, -0.2) is 15.0 Å². The molecular formula is C63H57N5O. The van der Waals surface area contributed by atoms with Crippen molar-refractivity contribution < 1.29 is 4.74 Å². The Morgan fingerprint density at radius 1 is 0.377 bits per heavy atom. The van der Waals surface area contributed by atoms with Crippen LogP contribution in [0, 0.1) is 0 Å². The van der Waals surface area contributed by atoms with Gasteiger partial charge in [-0.15, -0.1) is 0 Å². The third-order valence-corrected chi connectivity index (χ3v) is 13.6. The lowest BCUT2D eigenvalue weighted by Crippen LogP contribution is -2.09. The van der Waals surface area contributed by atoms with Crippen LogP contribution in [0.2, 0.25) is 0 Å². The number of benzene rings is 8. The SMILES string of the molecule is CC(C)c1cc(-c2ccccc2)cc(C(C)C)c1-c1nc2ccc(Oc3cccc(-c4nc5ccccc5n4-c4c(C(C)C)cc(-c5ccccc5)cc4C(C)C)c3)cc2c2nc3ccccc3n12. The number of ether oxygens (including phenoxy) is 1. The number of nitrogens with zero attached hydrogens (tertiary/aromatic N) is 5. The molecule has 340 valence electrons. The topological polar surface area (TPSA) is 57.2 Å². The summed E-state index contributed by atoms with van der Waals surface area (Å²) in [5.74, 6) is 4.22. The lowest BCUT2D eigenvalue weighted by atomic mass is 9.84. The van der Waals surface area contributed by atoms with Gasteiger partial charge < -0.3 is 4.74 Å². The average molecular weight is 900 g/mol. The van der Waals surface area contributed by atoms with Gasteiger partial charge in [-0.05, 0) is 135 Å². The molecule has 0 aliphatic carbocycles. The summed E-state index contributed by atoms with van der Waals surface area (Å²) in [5.41, 5.74) is 19.0.